The van der Waals surface area contributed by atoms with Gasteiger partial charge < -0.3 is 9.84 Å². The number of ether oxygens (including phenoxy) is 1. The van der Waals surface area contributed by atoms with Gasteiger partial charge in [0.1, 0.15) is 0 Å². The normalized spacial score (nSPS) is 22.9. The minimum atomic E-state index is -0.823. The molecule has 6 heteroatoms. The predicted octanol–water partition coefficient (Wildman–Crippen LogP) is 2.52. The van der Waals surface area contributed by atoms with Crippen molar-refractivity contribution in [3.63, 3.8) is 0 Å². The maximum atomic E-state index is 11.1. The van der Waals surface area contributed by atoms with Crippen LogP contribution in [0.3, 0.4) is 0 Å². The van der Waals surface area contributed by atoms with Gasteiger partial charge in [-0.15, -0.1) is 0 Å². The highest BCUT2D eigenvalue weighted by atomic mass is 35.5. The fraction of sp³-hybridized carbons (Fsp3) is 0.462. The highest BCUT2D eigenvalue weighted by Crippen LogP contribution is 2.25. The molecule has 2 rings (SSSR count). The summed E-state index contributed by atoms with van der Waals surface area (Å²) in [6, 6.07) is 5.18. The molecule has 1 N–H and O–H groups in total. The van der Waals surface area contributed by atoms with Gasteiger partial charge in [0.2, 0.25) is 0 Å². The summed E-state index contributed by atoms with van der Waals surface area (Å²) in [5.74, 6) is -1.31. The Balaban J connectivity index is 2.08. The Morgan fingerprint density at radius 1 is 1.47 bits per heavy atom. The first-order valence-corrected chi connectivity index (χ1v) is 6.69. The average Bonchev–Trinajstić information content (AvgIpc) is 2.82. The van der Waals surface area contributed by atoms with E-state index in [4.69, 9.17) is 33.0 Å². The van der Waals surface area contributed by atoms with Gasteiger partial charge in [0.05, 0.1) is 19.1 Å². The highest BCUT2D eigenvalue weighted by molar-refractivity contribution is 6.35. The quantitative estimate of drug-likeness (QED) is 0.928. The molecule has 0 amide bonds. The Morgan fingerprint density at radius 2 is 2.21 bits per heavy atom. The maximum Gasteiger partial charge on any atom is 0.310 e. The number of rotatable bonds is 4. The molecular formula is C13H15Cl2NO3. The van der Waals surface area contributed by atoms with Crippen LogP contribution in [-0.4, -0.2) is 42.3 Å². The van der Waals surface area contributed by atoms with E-state index in [1.54, 1.807) is 12.1 Å². The van der Waals surface area contributed by atoms with Crippen molar-refractivity contribution >= 4 is 29.2 Å². The second-order valence-electron chi connectivity index (χ2n) is 4.70. The summed E-state index contributed by atoms with van der Waals surface area (Å²) < 4.78 is 5.26. The topological polar surface area (TPSA) is 49.8 Å². The van der Waals surface area contributed by atoms with Gasteiger partial charge in [0.15, 0.2) is 0 Å². The van der Waals surface area contributed by atoms with Crippen LogP contribution in [0, 0.1) is 5.92 Å². The number of nitrogens with zero attached hydrogens (tertiary/aromatic N) is 1. The number of hydrogen-bond donors (Lipinski definition) is 1. The summed E-state index contributed by atoms with van der Waals surface area (Å²) >= 11 is 12.0. The molecule has 1 aromatic rings. The summed E-state index contributed by atoms with van der Waals surface area (Å²) in [5.41, 5.74) is 0.921. The van der Waals surface area contributed by atoms with Crippen molar-refractivity contribution in [2.24, 2.45) is 5.92 Å². The molecular weight excluding hydrogens is 289 g/mol. The zero-order chi connectivity index (χ0) is 14.0. The van der Waals surface area contributed by atoms with E-state index in [9.17, 15) is 4.79 Å². The van der Waals surface area contributed by atoms with Crippen LogP contribution in [0.4, 0.5) is 0 Å². The smallest absolute Gasteiger partial charge is 0.310 e. The van der Waals surface area contributed by atoms with E-state index in [0.717, 1.165) is 5.56 Å². The number of aliphatic carboxylic acids is 1. The van der Waals surface area contributed by atoms with E-state index in [-0.39, 0.29) is 12.6 Å². The van der Waals surface area contributed by atoms with Crippen LogP contribution in [0.1, 0.15) is 5.56 Å². The van der Waals surface area contributed by atoms with Crippen molar-refractivity contribution in [2.75, 3.05) is 20.3 Å². The van der Waals surface area contributed by atoms with Gasteiger partial charge in [-0.2, -0.15) is 0 Å². The number of benzene rings is 1. The first kappa shape index (κ1) is 14.6. The van der Waals surface area contributed by atoms with Gasteiger partial charge in [0.25, 0.3) is 0 Å². The molecule has 0 saturated carbocycles. The maximum absolute atomic E-state index is 11.1. The largest absolute Gasteiger partial charge is 0.481 e. The SMILES string of the molecule is CN(Cc1ccc(Cl)cc1Cl)C1COCC1C(=O)O. The Morgan fingerprint density at radius 3 is 2.84 bits per heavy atom. The average molecular weight is 304 g/mol. The second kappa shape index (κ2) is 6.09. The molecule has 4 nitrogen and oxygen atoms in total. The Labute approximate surface area is 121 Å². The minimum Gasteiger partial charge on any atom is -0.481 e. The van der Waals surface area contributed by atoms with Gasteiger partial charge in [-0.3, -0.25) is 9.69 Å². The van der Waals surface area contributed by atoms with E-state index in [1.807, 2.05) is 18.0 Å². The molecule has 1 fully saturated rings. The van der Waals surface area contributed by atoms with Crippen molar-refractivity contribution in [1.29, 1.82) is 0 Å². The number of hydrogen-bond acceptors (Lipinski definition) is 3. The lowest BCUT2D eigenvalue weighted by Gasteiger charge is -2.26. The number of carbonyl (C=O) groups is 1. The number of carboxylic acid groups (broad SMARTS) is 1. The fourth-order valence-corrected chi connectivity index (χ4v) is 2.72. The van der Waals surface area contributed by atoms with Gasteiger partial charge in [-0.25, -0.2) is 0 Å². The third-order valence-corrected chi connectivity index (χ3v) is 3.96. The Bertz CT molecular complexity index is 481. The first-order valence-electron chi connectivity index (χ1n) is 5.93. The Hall–Kier alpha value is -0.810. The molecule has 0 aromatic heterocycles. The van der Waals surface area contributed by atoms with Crippen molar-refractivity contribution in [1.82, 2.24) is 4.90 Å². The molecule has 1 heterocycles. The van der Waals surface area contributed by atoms with Crippen molar-refractivity contribution in [3.8, 4) is 0 Å². The molecule has 1 aliphatic heterocycles. The summed E-state index contributed by atoms with van der Waals surface area (Å²) in [6.45, 7) is 1.26. The molecule has 0 spiro atoms. The zero-order valence-corrected chi connectivity index (χ0v) is 12.0. The van der Waals surface area contributed by atoms with Crippen molar-refractivity contribution < 1.29 is 14.6 Å². The molecule has 0 bridgehead atoms. The molecule has 1 aromatic carbocycles. The molecule has 0 aliphatic carbocycles. The summed E-state index contributed by atoms with van der Waals surface area (Å²) in [7, 11) is 1.88. The fourth-order valence-electron chi connectivity index (χ4n) is 2.25. The van der Waals surface area contributed by atoms with E-state index in [1.165, 1.54) is 0 Å². The van der Waals surface area contributed by atoms with E-state index in [0.29, 0.717) is 23.2 Å². The number of likely N-dealkylation sites (N-methyl/N-ethyl adjacent to an activating group) is 1. The molecule has 2 unspecified atom stereocenters. The Kier molecular flexibility index (Phi) is 4.68. The van der Waals surface area contributed by atoms with E-state index < -0.39 is 11.9 Å². The van der Waals surface area contributed by atoms with Crippen LogP contribution in [0.2, 0.25) is 10.0 Å². The lowest BCUT2D eigenvalue weighted by Crippen LogP contribution is -2.40. The van der Waals surface area contributed by atoms with Crippen LogP contribution in [0.5, 0.6) is 0 Å². The standard InChI is InChI=1S/C13H15Cl2NO3/c1-16(12-7-19-6-10(12)13(17)18)5-8-2-3-9(14)4-11(8)15/h2-4,10,12H,5-7H2,1H3,(H,17,18). The first-order chi connectivity index (χ1) is 8.99. The molecule has 1 saturated heterocycles. The lowest BCUT2D eigenvalue weighted by molar-refractivity contribution is -0.143. The van der Waals surface area contributed by atoms with Crippen LogP contribution in [0.25, 0.3) is 0 Å². The summed E-state index contributed by atoms with van der Waals surface area (Å²) in [4.78, 5) is 13.1. The molecule has 0 radical (unpaired) electrons. The minimum absolute atomic E-state index is 0.135. The monoisotopic (exact) mass is 303 g/mol. The van der Waals surface area contributed by atoms with Crippen LogP contribution in [-0.2, 0) is 16.1 Å². The number of carboxylic acids is 1. The lowest BCUT2D eigenvalue weighted by atomic mass is 10.0. The third-order valence-electron chi connectivity index (χ3n) is 3.37. The van der Waals surface area contributed by atoms with Gasteiger partial charge >= 0.3 is 5.97 Å². The molecule has 19 heavy (non-hydrogen) atoms. The third kappa shape index (κ3) is 3.39. The van der Waals surface area contributed by atoms with Crippen molar-refractivity contribution in [3.05, 3.63) is 33.8 Å². The van der Waals surface area contributed by atoms with Crippen LogP contribution >= 0.6 is 23.2 Å². The highest BCUT2D eigenvalue weighted by Gasteiger charge is 2.36. The zero-order valence-electron chi connectivity index (χ0n) is 10.5. The van der Waals surface area contributed by atoms with Gasteiger partial charge in [0, 0.05) is 22.6 Å². The number of halogens is 2. The van der Waals surface area contributed by atoms with Crippen LogP contribution in [0.15, 0.2) is 18.2 Å². The van der Waals surface area contributed by atoms with Gasteiger partial charge in [-0.05, 0) is 24.7 Å². The molecule has 2 atom stereocenters. The summed E-state index contributed by atoms with van der Waals surface area (Å²) in [6.07, 6.45) is 0. The summed E-state index contributed by atoms with van der Waals surface area (Å²) in [5, 5.41) is 10.3. The van der Waals surface area contributed by atoms with Gasteiger partial charge in [-0.1, -0.05) is 29.3 Å². The molecule has 1 aliphatic rings. The van der Waals surface area contributed by atoms with E-state index in [2.05, 4.69) is 0 Å². The van der Waals surface area contributed by atoms with Crippen molar-refractivity contribution in [2.45, 2.75) is 12.6 Å². The van der Waals surface area contributed by atoms with Crippen LogP contribution < -0.4 is 0 Å². The predicted molar refractivity (Wildman–Crippen MR) is 73.7 cm³/mol. The second-order valence-corrected chi connectivity index (χ2v) is 5.54. The van der Waals surface area contributed by atoms with E-state index >= 15 is 0 Å². The molecule has 104 valence electrons.